The molecule has 23 heavy (non-hydrogen) atoms. The number of hydrogen-bond acceptors (Lipinski definition) is 3. The van der Waals surface area contributed by atoms with Crippen LogP contribution in [0.25, 0.3) is 0 Å². The lowest BCUT2D eigenvalue weighted by molar-refractivity contribution is -0.141. The third-order valence-corrected chi connectivity index (χ3v) is 3.91. The number of hydrogen-bond donors (Lipinski definition) is 1. The topological polar surface area (TPSA) is 45.2 Å². The number of carbonyl (C=O) groups excluding carboxylic acids is 1. The number of aromatic nitrogens is 1. The summed E-state index contributed by atoms with van der Waals surface area (Å²) in [6, 6.07) is 2.74. The van der Waals surface area contributed by atoms with Crippen LogP contribution in [0.1, 0.15) is 39.3 Å². The van der Waals surface area contributed by atoms with Gasteiger partial charge in [0.15, 0.2) is 0 Å². The predicted octanol–water partition coefficient (Wildman–Crippen LogP) is 3.23. The summed E-state index contributed by atoms with van der Waals surface area (Å²) in [5.41, 5.74) is -0.796. The van der Waals surface area contributed by atoms with Crippen molar-refractivity contribution in [1.82, 2.24) is 10.3 Å². The van der Waals surface area contributed by atoms with Gasteiger partial charge in [0, 0.05) is 36.4 Å². The molecule has 2 heterocycles. The quantitative estimate of drug-likeness (QED) is 0.906. The normalized spacial score (nSPS) is 17.2. The van der Waals surface area contributed by atoms with E-state index in [1.54, 1.807) is 6.07 Å². The molecule has 1 aliphatic heterocycles. The summed E-state index contributed by atoms with van der Waals surface area (Å²) in [5.74, 6) is -0.000723. The van der Waals surface area contributed by atoms with Gasteiger partial charge < -0.3 is 10.2 Å². The van der Waals surface area contributed by atoms with Gasteiger partial charge in [0.25, 0.3) is 0 Å². The largest absolute Gasteiger partial charge is 0.433 e. The summed E-state index contributed by atoms with van der Waals surface area (Å²) in [4.78, 5) is 17.3. The minimum Gasteiger partial charge on any atom is -0.371 e. The van der Waals surface area contributed by atoms with Gasteiger partial charge >= 0.3 is 6.18 Å². The van der Waals surface area contributed by atoms with Crippen molar-refractivity contribution in [2.45, 2.75) is 45.8 Å². The predicted molar refractivity (Wildman–Crippen MR) is 82.1 cm³/mol. The number of carbonyl (C=O) groups is 1. The molecule has 1 saturated heterocycles. The minimum absolute atomic E-state index is 0.000723. The van der Waals surface area contributed by atoms with Crippen LogP contribution >= 0.6 is 0 Å². The number of pyridine rings is 1. The first-order chi connectivity index (χ1) is 10.6. The van der Waals surface area contributed by atoms with Crippen LogP contribution in [0, 0.1) is 5.41 Å². The zero-order valence-electron chi connectivity index (χ0n) is 13.6. The first kappa shape index (κ1) is 17.6. The van der Waals surface area contributed by atoms with Crippen molar-refractivity contribution in [3.8, 4) is 0 Å². The fourth-order valence-electron chi connectivity index (χ4n) is 2.46. The fraction of sp³-hybridized carbons (Fsp3) is 0.625. The molecule has 4 nitrogen and oxygen atoms in total. The summed E-state index contributed by atoms with van der Waals surface area (Å²) in [6.45, 7) is 6.78. The number of halogens is 3. The van der Waals surface area contributed by atoms with E-state index in [0.29, 0.717) is 31.6 Å². The molecule has 1 amide bonds. The summed E-state index contributed by atoms with van der Waals surface area (Å²) >= 11 is 0. The third kappa shape index (κ3) is 4.59. The Kier molecular flexibility index (Phi) is 4.87. The number of piperidine rings is 1. The molecule has 0 atom stereocenters. The van der Waals surface area contributed by atoms with E-state index in [9.17, 15) is 18.0 Å². The lowest BCUT2D eigenvalue weighted by Gasteiger charge is -2.35. The molecule has 128 valence electrons. The van der Waals surface area contributed by atoms with Gasteiger partial charge in [0.2, 0.25) is 5.91 Å². The van der Waals surface area contributed by atoms with E-state index in [-0.39, 0.29) is 11.9 Å². The molecule has 2 rings (SSSR count). The highest BCUT2D eigenvalue weighted by Gasteiger charge is 2.33. The van der Waals surface area contributed by atoms with Crippen LogP contribution in [0.4, 0.5) is 18.9 Å². The van der Waals surface area contributed by atoms with Crippen LogP contribution in [-0.2, 0) is 11.0 Å². The maximum absolute atomic E-state index is 12.7. The van der Waals surface area contributed by atoms with Crippen molar-refractivity contribution >= 4 is 11.6 Å². The SMILES string of the molecule is CC(C)(C)C(=O)NC1CCN(c2ccnc(C(F)(F)F)c2)CC1. The smallest absolute Gasteiger partial charge is 0.371 e. The van der Waals surface area contributed by atoms with E-state index >= 15 is 0 Å². The Labute approximate surface area is 134 Å². The fourth-order valence-corrected chi connectivity index (χ4v) is 2.46. The van der Waals surface area contributed by atoms with E-state index in [1.807, 2.05) is 25.7 Å². The highest BCUT2D eigenvalue weighted by atomic mass is 19.4. The Hall–Kier alpha value is -1.79. The van der Waals surface area contributed by atoms with E-state index < -0.39 is 17.3 Å². The number of alkyl halides is 3. The highest BCUT2D eigenvalue weighted by Crippen LogP contribution is 2.30. The standard InChI is InChI=1S/C16H22F3N3O/c1-15(2,3)14(23)21-11-5-8-22(9-6-11)12-4-7-20-13(10-12)16(17,18)19/h4,7,10-11H,5-6,8-9H2,1-3H3,(H,21,23). The van der Waals surface area contributed by atoms with Crippen LogP contribution in [0.5, 0.6) is 0 Å². The molecular formula is C16H22F3N3O. The number of nitrogens with zero attached hydrogens (tertiary/aromatic N) is 2. The van der Waals surface area contributed by atoms with E-state index in [4.69, 9.17) is 0 Å². The van der Waals surface area contributed by atoms with Gasteiger partial charge in [-0.2, -0.15) is 13.2 Å². The second-order valence-corrected chi connectivity index (χ2v) is 6.88. The number of rotatable bonds is 2. The number of amides is 1. The molecule has 0 radical (unpaired) electrons. The molecule has 1 N–H and O–H groups in total. The highest BCUT2D eigenvalue weighted by molar-refractivity contribution is 5.81. The molecule has 0 unspecified atom stereocenters. The second kappa shape index (κ2) is 6.37. The molecule has 7 heteroatoms. The molecule has 1 aromatic heterocycles. The average molecular weight is 329 g/mol. The van der Waals surface area contributed by atoms with Gasteiger partial charge in [0.1, 0.15) is 5.69 Å². The van der Waals surface area contributed by atoms with Gasteiger partial charge in [-0.15, -0.1) is 0 Å². The molecule has 1 fully saturated rings. The van der Waals surface area contributed by atoms with Gasteiger partial charge in [-0.25, -0.2) is 0 Å². The number of anilines is 1. The molecule has 0 aromatic carbocycles. The van der Waals surface area contributed by atoms with Gasteiger partial charge in [-0.1, -0.05) is 20.8 Å². The van der Waals surface area contributed by atoms with Crippen molar-refractivity contribution in [2.24, 2.45) is 5.41 Å². The summed E-state index contributed by atoms with van der Waals surface area (Å²) in [7, 11) is 0. The number of nitrogens with one attached hydrogen (secondary N) is 1. The van der Waals surface area contributed by atoms with Crippen LogP contribution < -0.4 is 10.2 Å². The second-order valence-electron chi connectivity index (χ2n) is 6.88. The average Bonchev–Trinajstić information content (AvgIpc) is 2.46. The minimum atomic E-state index is -4.44. The van der Waals surface area contributed by atoms with Crippen molar-refractivity contribution in [3.05, 3.63) is 24.0 Å². The van der Waals surface area contributed by atoms with E-state index in [2.05, 4.69) is 10.3 Å². The van der Waals surface area contributed by atoms with Gasteiger partial charge in [-0.05, 0) is 25.0 Å². The van der Waals surface area contributed by atoms with Crippen LogP contribution in [0.2, 0.25) is 0 Å². The molecule has 1 aliphatic rings. The summed E-state index contributed by atoms with van der Waals surface area (Å²) in [6.07, 6.45) is -1.82. The zero-order chi connectivity index (χ0) is 17.3. The van der Waals surface area contributed by atoms with Gasteiger partial charge in [0.05, 0.1) is 0 Å². The molecule has 0 bridgehead atoms. The Bertz CT molecular complexity index is 558. The lowest BCUT2D eigenvalue weighted by atomic mass is 9.94. The molecule has 1 aromatic rings. The summed E-state index contributed by atoms with van der Waals surface area (Å²) < 4.78 is 38.2. The maximum Gasteiger partial charge on any atom is 0.433 e. The van der Waals surface area contributed by atoms with Crippen LogP contribution in [0.15, 0.2) is 18.3 Å². The Balaban J connectivity index is 1.96. The molecular weight excluding hydrogens is 307 g/mol. The monoisotopic (exact) mass is 329 g/mol. The van der Waals surface area contributed by atoms with Crippen LogP contribution in [0.3, 0.4) is 0 Å². The van der Waals surface area contributed by atoms with Crippen molar-refractivity contribution < 1.29 is 18.0 Å². The zero-order valence-corrected chi connectivity index (χ0v) is 13.6. The molecule has 0 spiro atoms. The van der Waals surface area contributed by atoms with Crippen molar-refractivity contribution in [3.63, 3.8) is 0 Å². The molecule has 0 aliphatic carbocycles. The Morgan fingerprint density at radius 1 is 1.26 bits per heavy atom. The van der Waals surface area contributed by atoms with Gasteiger partial charge in [-0.3, -0.25) is 9.78 Å². The Morgan fingerprint density at radius 2 is 1.87 bits per heavy atom. The first-order valence-electron chi connectivity index (χ1n) is 7.66. The van der Waals surface area contributed by atoms with E-state index in [1.165, 1.54) is 6.20 Å². The molecule has 0 saturated carbocycles. The maximum atomic E-state index is 12.7. The lowest BCUT2D eigenvalue weighted by Crippen LogP contribution is -2.47. The van der Waals surface area contributed by atoms with Crippen LogP contribution in [-0.4, -0.2) is 30.0 Å². The van der Waals surface area contributed by atoms with Crippen molar-refractivity contribution in [1.29, 1.82) is 0 Å². The third-order valence-electron chi connectivity index (χ3n) is 3.91. The van der Waals surface area contributed by atoms with Crippen molar-refractivity contribution in [2.75, 3.05) is 18.0 Å². The summed E-state index contributed by atoms with van der Waals surface area (Å²) in [5, 5.41) is 3.01. The van der Waals surface area contributed by atoms with E-state index in [0.717, 1.165) is 6.07 Å². The first-order valence-corrected chi connectivity index (χ1v) is 7.66. The Morgan fingerprint density at radius 3 is 2.39 bits per heavy atom.